The minimum atomic E-state index is -0.313. The average molecular weight is 179 g/mol. The Hall–Kier alpha value is -1.05. The van der Waals surface area contributed by atoms with Gasteiger partial charge in [-0.3, -0.25) is 4.79 Å². The molecule has 0 saturated heterocycles. The number of nitrogens with one attached hydrogen (secondary N) is 1. The van der Waals surface area contributed by atoms with Crippen LogP contribution in [0.3, 0.4) is 0 Å². The number of rotatable bonds is 1. The number of carbonyl (C=O) groups excluding carboxylic acids is 1. The Morgan fingerprint density at radius 3 is 2.54 bits per heavy atom. The van der Waals surface area contributed by atoms with E-state index in [0.29, 0.717) is 0 Å². The van der Waals surface area contributed by atoms with Crippen LogP contribution in [0.15, 0.2) is 23.9 Å². The van der Waals surface area contributed by atoms with Gasteiger partial charge in [0.05, 0.1) is 0 Å². The lowest BCUT2D eigenvalue weighted by atomic mass is 9.95. The summed E-state index contributed by atoms with van der Waals surface area (Å²) >= 11 is 0. The molecule has 0 aromatic carbocycles. The maximum absolute atomic E-state index is 11.5. The second-order valence-electron chi connectivity index (χ2n) is 4.34. The molecule has 1 amide bonds. The lowest BCUT2D eigenvalue weighted by Gasteiger charge is -2.18. The molecule has 13 heavy (non-hydrogen) atoms. The van der Waals surface area contributed by atoms with Gasteiger partial charge in [0.1, 0.15) is 0 Å². The highest BCUT2D eigenvalue weighted by Gasteiger charge is 2.21. The van der Waals surface area contributed by atoms with E-state index < -0.39 is 0 Å². The molecular formula is C11H17NO. The van der Waals surface area contributed by atoms with Gasteiger partial charge < -0.3 is 5.32 Å². The van der Waals surface area contributed by atoms with E-state index in [1.165, 1.54) is 0 Å². The number of hydrogen-bond acceptors (Lipinski definition) is 1. The number of carbonyl (C=O) groups is 1. The summed E-state index contributed by atoms with van der Waals surface area (Å²) in [6, 6.07) is 0. The first-order valence-electron chi connectivity index (χ1n) is 4.68. The Morgan fingerprint density at radius 1 is 1.38 bits per heavy atom. The summed E-state index contributed by atoms with van der Waals surface area (Å²) < 4.78 is 0. The molecule has 1 aliphatic carbocycles. The lowest BCUT2D eigenvalue weighted by molar-refractivity contribution is -0.127. The fraction of sp³-hybridized carbons (Fsp3) is 0.545. The van der Waals surface area contributed by atoms with Crippen molar-refractivity contribution < 1.29 is 4.79 Å². The summed E-state index contributed by atoms with van der Waals surface area (Å²) in [5, 5.41) is 2.89. The largest absolute Gasteiger partial charge is 0.326 e. The van der Waals surface area contributed by atoms with Gasteiger partial charge in [-0.15, -0.1) is 0 Å². The van der Waals surface area contributed by atoms with Gasteiger partial charge in [0.15, 0.2) is 0 Å². The van der Waals surface area contributed by atoms with Gasteiger partial charge in [-0.2, -0.15) is 0 Å². The molecule has 1 rings (SSSR count). The summed E-state index contributed by atoms with van der Waals surface area (Å²) in [5.74, 6) is 0.0744. The fourth-order valence-corrected chi connectivity index (χ4v) is 1.02. The molecule has 0 fully saturated rings. The molecule has 0 unspecified atom stereocenters. The van der Waals surface area contributed by atoms with E-state index in [1.54, 1.807) is 0 Å². The molecule has 0 heterocycles. The van der Waals surface area contributed by atoms with Gasteiger partial charge in [0.2, 0.25) is 5.91 Å². The summed E-state index contributed by atoms with van der Waals surface area (Å²) in [5.41, 5.74) is 0.623. The molecule has 1 N–H and O–H groups in total. The van der Waals surface area contributed by atoms with Gasteiger partial charge in [0, 0.05) is 11.1 Å². The van der Waals surface area contributed by atoms with Crippen LogP contribution in [0.25, 0.3) is 0 Å². The molecule has 0 aromatic heterocycles. The molecule has 0 aliphatic heterocycles. The standard InChI is InChI=1S/C11H17NO/c1-11(2,3)10(13)12-9-7-5-4-6-8-9/h5,7-8H,4,6H2,1-3H3,(H,12,13). The molecule has 0 saturated carbocycles. The Labute approximate surface area is 79.7 Å². The first kappa shape index (κ1) is 10.0. The van der Waals surface area contributed by atoms with E-state index in [1.807, 2.05) is 26.8 Å². The van der Waals surface area contributed by atoms with Crippen molar-refractivity contribution in [3.8, 4) is 0 Å². The predicted octanol–water partition coefficient (Wildman–Crippen LogP) is 2.38. The van der Waals surface area contributed by atoms with E-state index in [-0.39, 0.29) is 11.3 Å². The highest BCUT2D eigenvalue weighted by atomic mass is 16.2. The normalized spacial score (nSPS) is 16.7. The van der Waals surface area contributed by atoms with E-state index in [2.05, 4.69) is 17.5 Å². The summed E-state index contributed by atoms with van der Waals surface area (Å²) in [4.78, 5) is 11.5. The Bertz CT molecular complexity index is 256. The zero-order valence-corrected chi connectivity index (χ0v) is 8.55. The molecule has 1 aliphatic rings. The first-order valence-corrected chi connectivity index (χ1v) is 4.68. The average Bonchev–Trinajstić information content (AvgIpc) is 2.04. The van der Waals surface area contributed by atoms with Crippen LogP contribution in [0.5, 0.6) is 0 Å². The van der Waals surface area contributed by atoms with Crippen LogP contribution in [0.2, 0.25) is 0 Å². The third-order valence-corrected chi connectivity index (χ3v) is 1.93. The quantitative estimate of drug-likeness (QED) is 0.658. The van der Waals surface area contributed by atoms with E-state index >= 15 is 0 Å². The van der Waals surface area contributed by atoms with Crippen LogP contribution in [0, 0.1) is 5.41 Å². The third kappa shape index (κ3) is 3.05. The van der Waals surface area contributed by atoms with Crippen molar-refractivity contribution in [1.29, 1.82) is 0 Å². The highest BCUT2D eigenvalue weighted by molar-refractivity contribution is 5.83. The van der Waals surface area contributed by atoms with Crippen LogP contribution >= 0.6 is 0 Å². The minimum absolute atomic E-state index is 0.0744. The van der Waals surface area contributed by atoms with Crippen molar-refractivity contribution in [2.75, 3.05) is 0 Å². The lowest BCUT2D eigenvalue weighted by Crippen LogP contribution is -2.34. The molecule has 2 nitrogen and oxygen atoms in total. The topological polar surface area (TPSA) is 29.1 Å². The number of allylic oxidation sites excluding steroid dienone is 3. The maximum Gasteiger partial charge on any atom is 0.229 e. The minimum Gasteiger partial charge on any atom is -0.326 e. The third-order valence-electron chi connectivity index (χ3n) is 1.93. The molecule has 2 heteroatoms. The van der Waals surface area contributed by atoms with Crippen molar-refractivity contribution in [1.82, 2.24) is 5.32 Å². The smallest absolute Gasteiger partial charge is 0.229 e. The summed E-state index contributed by atoms with van der Waals surface area (Å²) in [6.07, 6.45) is 8.21. The molecular weight excluding hydrogens is 162 g/mol. The fourth-order valence-electron chi connectivity index (χ4n) is 1.02. The van der Waals surface area contributed by atoms with Gasteiger partial charge in [-0.25, -0.2) is 0 Å². The molecule has 0 aromatic rings. The van der Waals surface area contributed by atoms with Crippen molar-refractivity contribution in [3.05, 3.63) is 23.9 Å². The van der Waals surface area contributed by atoms with E-state index in [9.17, 15) is 4.79 Å². The van der Waals surface area contributed by atoms with Gasteiger partial charge >= 0.3 is 0 Å². The monoisotopic (exact) mass is 179 g/mol. The van der Waals surface area contributed by atoms with Crippen LogP contribution < -0.4 is 5.32 Å². The molecule has 0 radical (unpaired) electrons. The van der Waals surface area contributed by atoms with Crippen LogP contribution in [0.1, 0.15) is 33.6 Å². The van der Waals surface area contributed by atoms with Gasteiger partial charge in [0.25, 0.3) is 0 Å². The van der Waals surface area contributed by atoms with Gasteiger partial charge in [-0.05, 0) is 18.9 Å². The molecule has 0 spiro atoms. The summed E-state index contributed by atoms with van der Waals surface area (Å²) in [6.45, 7) is 5.74. The van der Waals surface area contributed by atoms with Gasteiger partial charge in [-0.1, -0.05) is 32.9 Å². The first-order chi connectivity index (χ1) is 6.00. The van der Waals surface area contributed by atoms with Crippen LogP contribution in [0.4, 0.5) is 0 Å². The molecule has 0 bridgehead atoms. The SMILES string of the molecule is CC(C)(C)C(=O)NC1=CCCC=C1. The Kier molecular flexibility index (Phi) is 2.91. The Balaban J connectivity index is 2.54. The van der Waals surface area contributed by atoms with E-state index in [0.717, 1.165) is 18.5 Å². The van der Waals surface area contributed by atoms with Crippen molar-refractivity contribution in [2.24, 2.45) is 5.41 Å². The second kappa shape index (κ2) is 3.77. The zero-order valence-electron chi connectivity index (χ0n) is 8.55. The maximum atomic E-state index is 11.5. The van der Waals surface area contributed by atoms with Crippen molar-refractivity contribution in [3.63, 3.8) is 0 Å². The number of amides is 1. The molecule has 0 atom stereocenters. The zero-order chi connectivity index (χ0) is 9.90. The van der Waals surface area contributed by atoms with Crippen molar-refractivity contribution in [2.45, 2.75) is 33.6 Å². The van der Waals surface area contributed by atoms with Crippen LogP contribution in [-0.4, -0.2) is 5.91 Å². The van der Waals surface area contributed by atoms with Crippen molar-refractivity contribution >= 4 is 5.91 Å². The van der Waals surface area contributed by atoms with E-state index in [4.69, 9.17) is 0 Å². The predicted molar refractivity (Wildman–Crippen MR) is 54.1 cm³/mol. The van der Waals surface area contributed by atoms with Crippen LogP contribution in [-0.2, 0) is 4.79 Å². The highest BCUT2D eigenvalue weighted by Crippen LogP contribution is 2.15. The second-order valence-corrected chi connectivity index (χ2v) is 4.34. The Morgan fingerprint density at radius 2 is 2.08 bits per heavy atom. The molecule has 72 valence electrons. The number of hydrogen-bond donors (Lipinski definition) is 1. The summed E-state index contributed by atoms with van der Waals surface area (Å²) in [7, 11) is 0.